The van der Waals surface area contributed by atoms with Crippen LogP contribution in [0.5, 0.6) is 5.75 Å². The third-order valence-corrected chi connectivity index (χ3v) is 3.26. The number of hydrogen-bond acceptors (Lipinski definition) is 3. The summed E-state index contributed by atoms with van der Waals surface area (Å²) >= 11 is 5.83. The second-order valence-electron chi connectivity index (χ2n) is 4.53. The molecule has 2 aromatic carbocycles. The van der Waals surface area contributed by atoms with Gasteiger partial charge in [-0.25, -0.2) is 9.59 Å². The first-order valence-corrected chi connectivity index (χ1v) is 6.84. The van der Waals surface area contributed by atoms with E-state index < -0.39 is 11.9 Å². The van der Waals surface area contributed by atoms with E-state index in [0.717, 1.165) is 12.0 Å². The smallest absolute Gasteiger partial charge is 0.343 e. The summed E-state index contributed by atoms with van der Waals surface area (Å²) in [6.45, 7) is 3.65. The van der Waals surface area contributed by atoms with Gasteiger partial charge in [0.1, 0.15) is 5.75 Å². The molecule has 0 amide bonds. The molecule has 2 aromatic rings. The maximum Gasteiger partial charge on any atom is 0.343 e. The molecule has 0 saturated carbocycles. The van der Waals surface area contributed by atoms with Crippen molar-refractivity contribution in [3.05, 3.63) is 76.8 Å². The van der Waals surface area contributed by atoms with E-state index >= 15 is 0 Å². The van der Waals surface area contributed by atoms with E-state index in [9.17, 15) is 9.59 Å². The highest BCUT2D eigenvalue weighted by atomic mass is 35.5. The van der Waals surface area contributed by atoms with Gasteiger partial charge in [-0.3, -0.25) is 0 Å². The van der Waals surface area contributed by atoms with Crippen LogP contribution in [0.2, 0.25) is 5.02 Å². The number of ether oxygens (including phenoxy) is 1. The van der Waals surface area contributed by atoms with Gasteiger partial charge in [0, 0.05) is 6.07 Å². The fourth-order valence-corrected chi connectivity index (χ4v) is 2.09. The van der Waals surface area contributed by atoms with Crippen LogP contribution in [-0.2, 0) is 6.42 Å². The second-order valence-corrected chi connectivity index (χ2v) is 4.93. The number of halogens is 1. The van der Waals surface area contributed by atoms with E-state index in [0.29, 0.717) is 5.56 Å². The maximum atomic E-state index is 12.0. The molecule has 0 heterocycles. The molecule has 5 heteroatoms. The predicted octanol–water partition coefficient (Wildman–Crippen LogP) is 3.99. The molecular weight excluding hydrogens is 304 g/mol. The van der Waals surface area contributed by atoms with Crippen LogP contribution in [0.4, 0.5) is 0 Å². The van der Waals surface area contributed by atoms with Crippen molar-refractivity contribution in [2.45, 2.75) is 6.42 Å². The van der Waals surface area contributed by atoms with E-state index in [-0.39, 0.29) is 16.3 Å². The quantitative estimate of drug-likeness (QED) is 0.515. The van der Waals surface area contributed by atoms with Crippen molar-refractivity contribution < 1.29 is 19.4 Å². The third-order valence-electron chi connectivity index (χ3n) is 2.95. The molecule has 22 heavy (non-hydrogen) atoms. The van der Waals surface area contributed by atoms with Gasteiger partial charge in [0.05, 0.1) is 16.1 Å². The molecule has 2 rings (SSSR count). The highest BCUT2D eigenvalue weighted by Gasteiger charge is 2.12. The fraction of sp³-hybridized carbons (Fsp3) is 0.0588. The number of rotatable bonds is 5. The number of carboxylic acid groups (broad SMARTS) is 1. The molecule has 0 aliphatic carbocycles. The van der Waals surface area contributed by atoms with E-state index in [2.05, 4.69) is 6.58 Å². The van der Waals surface area contributed by atoms with E-state index in [4.69, 9.17) is 21.4 Å². The fourth-order valence-electron chi connectivity index (χ4n) is 1.84. The standard InChI is InChI=1S/C17H13ClO4/c1-2-3-11-4-6-12(7-5-11)17(21)22-13-8-9-14(16(19)20)15(18)10-13/h2,4-10H,1,3H2,(H,19,20). The predicted molar refractivity (Wildman–Crippen MR) is 83.7 cm³/mol. The Morgan fingerprint density at radius 2 is 1.86 bits per heavy atom. The van der Waals surface area contributed by atoms with Gasteiger partial charge < -0.3 is 9.84 Å². The van der Waals surface area contributed by atoms with Crippen LogP contribution in [0.15, 0.2) is 55.1 Å². The van der Waals surface area contributed by atoms with Gasteiger partial charge >= 0.3 is 11.9 Å². The number of carboxylic acids is 1. The number of allylic oxidation sites excluding steroid dienone is 1. The van der Waals surface area contributed by atoms with Crippen LogP contribution in [0.25, 0.3) is 0 Å². The summed E-state index contributed by atoms with van der Waals surface area (Å²) in [5.74, 6) is -1.49. The Bertz CT molecular complexity index is 720. The average Bonchev–Trinajstić information content (AvgIpc) is 2.48. The first-order valence-electron chi connectivity index (χ1n) is 6.46. The van der Waals surface area contributed by atoms with Crippen LogP contribution in [-0.4, -0.2) is 17.0 Å². The topological polar surface area (TPSA) is 63.6 Å². The zero-order valence-electron chi connectivity index (χ0n) is 11.6. The SMILES string of the molecule is C=CCc1ccc(C(=O)Oc2ccc(C(=O)O)c(Cl)c2)cc1. The first-order chi connectivity index (χ1) is 10.5. The Balaban J connectivity index is 2.13. The molecule has 1 N–H and O–H groups in total. The van der Waals surface area contributed by atoms with Crippen molar-refractivity contribution in [2.24, 2.45) is 0 Å². The van der Waals surface area contributed by atoms with Crippen molar-refractivity contribution in [1.82, 2.24) is 0 Å². The van der Waals surface area contributed by atoms with Gasteiger partial charge in [-0.15, -0.1) is 6.58 Å². The molecule has 112 valence electrons. The van der Waals surface area contributed by atoms with Crippen molar-refractivity contribution in [3.8, 4) is 5.75 Å². The molecule has 0 aliphatic rings. The lowest BCUT2D eigenvalue weighted by Gasteiger charge is -2.06. The van der Waals surface area contributed by atoms with Crippen LogP contribution in [0, 0.1) is 0 Å². The number of aromatic carboxylic acids is 1. The van der Waals surface area contributed by atoms with Gasteiger partial charge in [-0.2, -0.15) is 0 Å². The molecule has 0 fully saturated rings. The molecule has 4 nitrogen and oxygen atoms in total. The zero-order chi connectivity index (χ0) is 16.1. The molecule has 0 spiro atoms. The molecular formula is C17H13ClO4. The maximum absolute atomic E-state index is 12.0. The number of benzene rings is 2. The largest absolute Gasteiger partial charge is 0.478 e. The van der Waals surface area contributed by atoms with Gasteiger partial charge in [0.15, 0.2) is 0 Å². The third kappa shape index (κ3) is 3.74. The number of carbonyl (C=O) groups is 2. The van der Waals surface area contributed by atoms with Crippen LogP contribution >= 0.6 is 11.6 Å². The first kappa shape index (κ1) is 15.8. The molecule has 0 atom stereocenters. The van der Waals surface area contributed by atoms with Gasteiger partial charge in [0.2, 0.25) is 0 Å². The van der Waals surface area contributed by atoms with E-state index in [1.165, 1.54) is 18.2 Å². The molecule has 0 aliphatic heterocycles. The Labute approximate surface area is 132 Å². The molecule has 0 bridgehead atoms. The summed E-state index contributed by atoms with van der Waals surface area (Å²) in [5, 5.41) is 8.90. The molecule has 0 saturated heterocycles. The van der Waals surface area contributed by atoms with E-state index in [1.54, 1.807) is 18.2 Å². The number of esters is 1. The van der Waals surface area contributed by atoms with Crippen molar-refractivity contribution >= 4 is 23.5 Å². The number of hydrogen-bond donors (Lipinski definition) is 1. The monoisotopic (exact) mass is 316 g/mol. The van der Waals surface area contributed by atoms with Crippen LogP contribution in [0.3, 0.4) is 0 Å². The summed E-state index contributed by atoms with van der Waals surface area (Å²) in [4.78, 5) is 22.9. The van der Waals surface area contributed by atoms with Crippen molar-refractivity contribution in [3.63, 3.8) is 0 Å². The Hall–Kier alpha value is -2.59. The lowest BCUT2D eigenvalue weighted by atomic mass is 10.1. The van der Waals surface area contributed by atoms with Gasteiger partial charge in [-0.1, -0.05) is 29.8 Å². The Kier molecular flexibility index (Phi) is 4.96. The summed E-state index contributed by atoms with van der Waals surface area (Å²) in [6, 6.07) is 10.9. The minimum Gasteiger partial charge on any atom is -0.478 e. The summed E-state index contributed by atoms with van der Waals surface area (Å²) < 4.78 is 5.18. The van der Waals surface area contributed by atoms with Crippen LogP contribution < -0.4 is 4.74 Å². The molecule has 0 radical (unpaired) electrons. The zero-order valence-corrected chi connectivity index (χ0v) is 12.3. The lowest BCUT2D eigenvalue weighted by Crippen LogP contribution is -2.09. The van der Waals surface area contributed by atoms with Crippen molar-refractivity contribution in [2.75, 3.05) is 0 Å². The molecule has 0 unspecified atom stereocenters. The summed E-state index contributed by atoms with van der Waals surface area (Å²) in [7, 11) is 0. The summed E-state index contributed by atoms with van der Waals surface area (Å²) in [5.41, 5.74) is 1.39. The number of carbonyl (C=O) groups excluding carboxylic acids is 1. The van der Waals surface area contributed by atoms with Crippen LogP contribution in [0.1, 0.15) is 26.3 Å². The average molecular weight is 317 g/mol. The van der Waals surface area contributed by atoms with Gasteiger partial charge in [0.25, 0.3) is 0 Å². The highest BCUT2D eigenvalue weighted by molar-refractivity contribution is 6.33. The highest BCUT2D eigenvalue weighted by Crippen LogP contribution is 2.23. The minimum absolute atomic E-state index is 0.0131. The van der Waals surface area contributed by atoms with E-state index in [1.807, 2.05) is 12.1 Å². The van der Waals surface area contributed by atoms with Gasteiger partial charge in [-0.05, 0) is 36.2 Å². The summed E-state index contributed by atoms with van der Waals surface area (Å²) in [6.07, 6.45) is 2.50. The molecule has 0 aromatic heterocycles. The van der Waals surface area contributed by atoms with Crippen molar-refractivity contribution in [1.29, 1.82) is 0 Å². The minimum atomic E-state index is -1.14. The Morgan fingerprint density at radius 3 is 2.41 bits per heavy atom. The lowest BCUT2D eigenvalue weighted by molar-refractivity contribution is 0.0696. The normalized spacial score (nSPS) is 10.0. The second kappa shape index (κ2) is 6.91. The Morgan fingerprint density at radius 1 is 1.18 bits per heavy atom.